The molecule has 0 bridgehead atoms. The third-order valence-electron chi connectivity index (χ3n) is 3.69. The Morgan fingerprint density at radius 1 is 1.20 bits per heavy atom. The van der Waals surface area contributed by atoms with Crippen molar-refractivity contribution in [2.45, 2.75) is 40.5 Å². The molecule has 0 spiro atoms. The largest absolute Gasteiger partial charge is 0.486 e. The normalized spacial score (nSPS) is 11.0. The fraction of sp³-hybridized carbons (Fsp3) is 0.368. The molecular formula is C19H24N4OS. The van der Waals surface area contributed by atoms with Gasteiger partial charge in [0.1, 0.15) is 23.2 Å². The highest BCUT2D eigenvalue weighted by Gasteiger charge is 2.07. The van der Waals surface area contributed by atoms with Crippen molar-refractivity contribution < 1.29 is 4.74 Å². The van der Waals surface area contributed by atoms with Gasteiger partial charge in [0.25, 0.3) is 0 Å². The van der Waals surface area contributed by atoms with Gasteiger partial charge in [-0.15, -0.1) is 11.3 Å². The van der Waals surface area contributed by atoms with Crippen molar-refractivity contribution in [3.63, 3.8) is 0 Å². The van der Waals surface area contributed by atoms with E-state index in [2.05, 4.69) is 41.6 Å². The second-order valence-corrected chi connectivity index (χ2v) is 7.42. The fourth-order valence-electron chi connectivity index (χ4n) is 2.43. The standard InChI is InChI=1S/C19H24N4OS/c1-14(2)11-23-18(8-9-21-23)20-10-16-13-25-19(22-16)12-24-17-6-4-15(3)5-7-17/h4-9,13-14,20H,10-12H2,1-3H3. The highest BCUT2D eigenvalue weighted by atomic mass is 32.1. The van der Waals surface area contributed by atoms with Crippen LogP contribution in [-0.2, 0) is 19.7 Å². The monoisotopic (exact) mass is 356 g/mol. The quantitative estimate of drug-likeness (QED) is 0.646. The lowest BCUT2D eigenvalue weighted by Crippen LogP contribution is -2.11. The van der Waals surface area contributed by atoms with Crippen molar-refractivity contribution >= 4 is 17.2 Å². The van der Waals surface area contributed by atoms with Crippen LogP contribution in [0.25, 0.3) is 0 Å². The summed E-state index contributed by atoms with van der Waals surface area (Å²) in [6.07, 6.45) is 1.83. The number of hydrogen-bond donors (Lipinski definition) is 1. The van der Waals surface area contributed by atoms with Crippen LogP contribution in [0.2, 0.25) is 0 Å². The van der Waals surface area contributed by atoms with Gasteiger partial charge in [0, 0.05) is 18.0 Å². The van der Waals surface area contributed by atoms with Crippen LogP contribution in [0.15, 0.2) is 41.9 Å². The van der Waals surface area contributed by atoms with Gasteiger partial charge in [0.15, 0.2) is 0 Å². The molecular weight excluding hydrogens is 332 g/mol. The van der Waals surface area contributed by atoms with Crippen LogP contribution in [0.1, 0.15) is 30.1 Å². The van der Waals surface area contributed by atoms with Gasteiger partial charge >= 0.3 is 0 Å². The summed E-state index contributed by atoms with van der Waals surface area (Å²) in [6.45, 7) is 8.53. The Morgan fingerprint density at radius 3 is 2.76 bits per heavy atom. The number of aryl methyl sites for hydroxylation is 1. The van der Waals surface area contributed by atoms with E-state index in [1.54, 1.807) is 11.3 Å². The van der Waals surface area contributed by atoms with Gasteiger partial charge in [-0.1, -0.05) is 31.5 Å². The molecule has 0 atom stereocenters. The molecule has 1 N–H and O–H groups in total. The number of benzene rings is 1. The van der Waals surface area contributed by atoms with E-state index in [0.29, 0.717) is 19.1 Å². The molecule has 0 amide bonds. The van der Waals surface area contributed by atoms with Gasteiger partial charge in [-0.2, -0.15) is 5.10 Å². The van der Waals surface area contributed by atoms with Crippen LogP contribution in [0.4, 0.5) is 5.82 Å². The van der Waals surface area contributed by atoms with Gasteiger partial charge in [-0.25, -0.2) is 9.67 Å². The summed E-state index contributed by atoms with van der Waals surface area (Å²) in [5.74, 6) is 2.46. The number of anilines is 1. The van der Waals surface area contributed by atoms with E-state index in [1.807, 2.05) is 41.2 Å². The average Bonchev–Trinajstić information content (AvgIpc) is 3.21. The molecule has 2 heterocycles. The second-order valence-electron chi connectivity index (χ2n) is 6.48. The highest BCUT2D eigenvalue weighted by Crippen LogP contribution is 2.17. The first-order chi connectivity index (χ1) is 12.1. The molecule has 0 radical (unpaired) electrons. The molecule has 25 heavy (non-hydrogen) atoms. The first-order valence-electron chi connectivity index (χ1n) is 8.48. The molecule has 5 nitrogen and oxygen atoms in total. The Labute approximate surface area is 152 Å². The molecule has 0 saturated carbocycles. The third-order valence-corrected chi connectivity index (χ3v) is 4.56. The number of aromatic nitrogens is 3. The van der Waals surface area contributed by atoms with E-state index in [9.17, 15) is 0 Å². The van der Waals surface area contributed by atoms with Crippen LogP contribution in [0.5, 0.6) is 5.75 Å². The van der Waals surface area contributed by atoms with Crippen LogP contribution in [-0.4, -0.2) is 14.8 Å². The molecule has 3 aromatic rings. The molecule has 0 aliphatic carbocycles. The first-order valence-corrected chi connectivity index (χ1v) is 9.36. The average molecular weight is 356 g/mol. The zero-order valence-corrected chi connectivity index (χ0v) is 15.7. The zero-order chi connectivity index (χ0) is 17.6. The molecule has 3 rings (SSSR count). The topological polar surface area (TPSA) is 52.0 Å². The zero-order valence-electron chi connectivity index (χ0n) is 14.9. The lowest BCUT2D eigenvalue weighted by atomic mass is 10.2. The molecule has 0 unspecified atom stereocenters. The van der Waals surface area contributed by atoms with Crippen molar-refractivity contribution in [1.82, 2.24) is 14.8 Å². The maximum atomic E-state index is 5.79. The molecule has 0 aliphatic heterocycles. The van der Waals surface area contributed by atoms with Crippen LogP contribution in [0.3, 0.4) is 0 Å². The Balaban J connectivity index is 1.52. The number of nitrogens with zero attached hydrogens (tertiary/aromatic N) is 3. The van der Waals surface area contributed by atoms with Crippen LogP contribution >= 0.6 is 11.3 Å². The Hall–Kier alpha value is -2.34. The van der Waals surface area contributed by atoms with Gasteiger partial charge in [0.2, 0.25) is 0 Å². The fourth-order valence-corrected chi connectivity index (χ4v) is 3.14. The number of nitrogens with one attached hydrogen (secondary N) is 1. The van der Waals surface area contributed by atoms with Crippen molar-refractivity contribution in [2.24, 2.45) is 5.92 Å². The van der Waals surface area contributed by atoms with E-state index in [4.69, 9.17) is 4.74 Å². The molecule has 2 aromatic heterocycles. The Kier molecular flexibility index (Phi) is 5.71. The van der Waals surface area contributed by atoms with Gasteiger partial charge in [-0.3, -0.25) is 0 Å². The second kappa shape index (κ2) is 8.16. The molecule has 6 heteroatoms. The Bertz CT molecular complexity index is 792. The molecule has 132 valence electrons. The number of rotatable bonds is 8. The van der Waals surface area contributed by atoms with E-state index < -0.39 is 0 Å². The summed E-state index contributed by atoms with van der Waals surface area (Å²) in [7, 11) is 0. The van der Waals surface area contributed by atoms with Crippen molar-refractivity contribution in [3.05, 3.63) is 58.2 Å². The lowest BCUT2D eigenvalue weighted by Gasteiger charge is -2.10. The van der Waals surface area contributed by atoms with Crippen molar-refractivity contribution in [3.8, 4) is 5.75 Å². The summed E-state index contributed by atoms with van der Waals surface area (Å²) in [4.78, 5) is 4.63. The summed E-state index contributed by atoms with van der Waals surface area (Å²) in [5.41, 5.74) is 2.25. The van der Waals surface area contributed by atoms with Crippen molar-refractivity contribution in [1.29, 1.82) is 0 Å². The summed E-state index contributed by atoms with van der Waals surface area (Å²) in [6, 6.07) is 10.1. The van der Waals surface area contributed by atoms with Gasteiger partial charge < -0.3 is 10.1 Å². The van der Waals surface area contributed by atoms with E-state index in [-0.39, 0.29) is 0 Å². The Morgan fingerprint density at radius 2 is 2.00 bits per heavy atom. The minimum atomic E-state index is 0.499. The van der Waals surface area contributed by atoms with Crippen LogP contribution in [0, 0.1) is 12.8 Å². The van der Waals surface area contributed by atoms with Gasteiger partial charge in [0.05, 0.1) is 18.4 Å². The lowest BCUT2D eigenvalue weighted by molar-refractivity contribution is 0.305. The minimum absolute atomic E-state index is 0.499. The minimum Gasteiger partial charge on any atom is -0.486 e. The number of ether oxygens (including phenoxy) is 1. The molecule has 0 aliphatic rings. The smallest absolute Gasteiger partial charge is 0.140 e. The number of hydrogen-bond acceptors (Lipinski definition) is 5. The van der Waals surface area contributed by atoms with Gasteiger partial charge in [-0.05, 0) is 25.0 Å². The SMILES string of the molecule is Cc1ccc(OCc2nc(CNc3ccnn3CC(C)C)cs2)cc1. The van der Waals surface area contributed by atoms with E-state index >= 15 is 0 Å². The van der Waals surface area contributed by atoms with Crippen molar-refractivity contribution in [2.75, 3.05) is 5.32 Å². The summed E-state index contributed by atoms with van der Waals surface area (Å²) < 4.78 is 7.79. The highest BCUT2D eigenvalue weighted by molar-refractivity contribution is 7.09. The predicted octanol–water partition coefficient (Wildman–Crippen LogP) is 4.50. The number of thiazole rings is 1. The summed E-state index contributed by atoms with van der Waals surface area (Å²) in [5, 5.41) is 10.8. The van der Waals surface area contributed by atoms with E-state index in [0.717, 1.165) is 28.8 Å². The predicted molar refractivity (Wildman–Crippen MR) is 102 cm³/mol. The first kappa shape index (κ1) is 17.5. The molecule has 1 aromatic carbocycles. The maximum absolute atomic E-state index is 5.79. The van der Waals surface area contributed by atoms with Crippen LogP contribution < -0.4 is 10.1 Å². The third kappa shape index (κ3) is 5.06. The molecule has 0 saturated heterocycles. The molecule has 0 fully saturated rings. The summed E-state index contributed by atoms with van der Waals surface area (Å²) >= 11 is 1.63. The maximum Gasteiger partial charge on any atom is 0.140 e. The van der Waals surface area contributed by atoms with E-state index in [1.165, 1.54) is 5.56 Å².